The third-order valence-electron chi connectivity index (χ3n) is 4.45. The highest BCUT2D eigenvalue weighted by Crippen LogP contribution is 2.55. The van der Waals surface area contributed by atoms with Gasteiger partial charge in [-0.15, -0.1) is 0 Å². The highest BCUT2D eigenvalue weighted by atomic mass is 15.0. The quantitative estimate of drug-likeness (QED) is 0.684. The van der Waals surface area contributed by atoms with Crippen molar-refractivity contribution in [2.24, 2.45) is 17.8 Å². The van der Waals surface area contributed by atoms with Gasteiger partial charge in [-0.3, -0.25) is 0 Å². The Kier molecular flexibility index (Phi) is 1.53. The Labute approximate surface area is 80.6 Å². The summed E-state index contributed by atoms with van der Waals surface area (Å²) in [6, 6.07) is 0. The van der Waals surface area contributed by atoms with Gasteiger partial charge in [0.25, 0.3) is 0 Å². The van der Waals surface area contributed by atoms with Crippen molar-refractivity contribution < 1.29 is 0 Å². The summed E-state index contributed by atoms with van der Waals surface area (Å²) >= 11 is 0. The normalized spacial score (nSPS) is 52.2. The molecule has 0 radical (unpaired) electrons. The van der Waals surface area contributed by atoms with E-state index in [0.29, 0.717) is 5.54 Å². The summed E-state index contributed by atoms with van der Waals surface area (Å²) in [5.74, 6) is 3.12. The van der Waals surface area contributed by atoms with Gasteiger partial charge in [0.05, 0.1) is 0 Å². The molecule has 1 nitrogen and oxygen atoms in total. The van der Waals surface area contributed by atoms with Gasteiger partial charge in [0.15, 0.2) is 0 Å². The fraction of sp³-hybridized carbons (Fsp3) is 0.833. The van der Waals surface area contributed by atoms with E-state index in [4.69, 9.17) is 0 Å². The van der Waals surface area contributed by atoms with E-state index in [9.17, 15) is 0 Å². The van der Waals surface area contributed by atoms with Crippen LogP contribution in [0, 0.1) is 17.8 Å². The first-order chi connectivity index (χ1) is 6.30. The number of hydrogen-bond acceptors (Lipinski definition) is 1. The minimum atomic E-state index is 0.483. The lowest BCUT2D eigenvalue weighted by atomic mass is 9.53. The lowest BCUT2D eigenvalue weighted by Gasteiger charge is -2.56. The van der Waals surface area contributed by atoms with Crippen molar-refractivity contribution in [3.8, 4) is 0 Å². The Morgan fingerprint density at radius 1 is 1.00 bits per heavy atom. The second-order valence-corrected chi connectivity index (χ2v) is 5.55. The van der Waals surface area contributed by atoms with Crippen molar-refractivity contribution in [2.75, 3.05) is 0 Å². The van der Waals surface area contributed by atoms with Gasteiger partial charge in [-0.05, 0) is 62.5 Å². The fourth-order valence-electron chi connectivity index (χ4n) is 4.50. The van der Waals surface area contributed by atoms with E-state index in [-0.39, 0.29) is 0 Å². The first kappa shape index (κ1) is 7.90. The molecule has 0 aromatic heterocycles. The zero-order valence-corrected chi connectivity index (χ0v) is 8.26. The molecule has 4 rings (SSSR count). The lowest BCUT2D eigenvalue weighted by Crippen LogP contribution is -2.56. The average molecular weight is 177 g/mol. The number of rotatable bonds is 2. The largest absolute Gasteiger partial charge is 0.386 e. The first-order valence-corrected chi connectivity index (χ1v) is 5.68. The van der Waals surface area contributed by atoms with Crippen molar-refractivity contribution in [1.82, 2.24) is 5.32 Å². The van der Waals surface area contributed by atoms with Crippen molar-refractivity contribution in [3.63, 3.8) is 0 Å². The molecule has 13 heavy (non-hydrogen) atoms. The van der Waals surface area contributed by atoms with Crippen LogP contribution in [-0.2, 0) is 0 Å². The van der Waals surface area contributed by atoms with E-state index in [1.165, 1.54) is 38.5 Å². The van der Waals surface area contributed by atoms with Gasteiger partial charge in [-0.25, -0.2) is 0 Å². The predicted octanol–water partition coefficient (Wildman–Crippen LogP) is 2.69. The Morgan fingerprint density at radius 2 is 1.46 bits per heavy atom. The molecule has 0 heterocycles. The standard InChI is InChI=1S/C12H19N/c1-2-13-12-6-9-3-10(7-12)5-11(4-9)8-12/h2,9-11,13H,1,3-8H2. The molecule has 0 spiro atoms. The molecule has 1 N–H and O–H groups in total. The van der Waals surface area contributed by atoms with Crippen LogP contribution < -0.4 is 5.32 Å². The van der Waals surface area contributed by atoms with Gasteiger partial charge in [0, 0.05) is 5.54 Å². The van der Waals surface area contributed by atoms with Gasteiger partial charge in [0.1, 0.15) is 0 Å². The Morgan fingerprint density at radius 3 is 1.85 bits per heavy atom. The Hall–Kier alpha value is -0.460. The molecule has 0 saturated heterocycles. The monoisotopic (exact) mass is 177 g/mol. The van der Waals surface area contributed by atoms with E-state index in [0.717, 1.165) is 17.8 Å². The van der Waals surface area contributed by atoms with Gasteiger partial charge in [0.2, 0.25) is 0 Å². The molecule has 4 saturated carbocycles. The summed E-state index contributed by atoms with van der Waals surface area (Å²) in [5.41, 5.74) is 0.483. The van der Waals surface area contributed by atoms with Gasteiger partial charge in [-0.2, -0.15) is 0 Å². The van der Waals surface area contributed by atoms with Crippen LogP contribution in [-0.4, -0.2) is 5.54 Å². The Bertz CT molecular complexity index is 196. The maximum absolute atomic E-state index is 3.83. The summed E-state index contributed by atoms with van der Waals surface area (Å²) in [7, 11) is 0. The van der Waals surface area contributed by atoms with E-state index >= 15 is 0 Å². The number of nitrogens with one attached hydrogen (secondary N) is 1. The van der Waals surface area contributed by atoms with Crippen LogP contribution in [0.5, 0.6) is 0 Å². The maximum atomic E-state index is 3.83. The zero-order chi connectivity index (χ0) is 8.89. The molecule has 0 aromatic rings. The third kappa shape index (κ3) is 1.13. The van der Waals surface area contributed by atoms with Crippen LogP contribution in [0.2, 0.25) is 0 Å². The number of hydrogen-bond donors (Lipinski definition) is 1. The SMILES string of the molecule is C=CNC12CC3CC(CC(C3)C1)C2. The molecule has 4 aliphatic rings. The highest BCUT2D eigenvalue weighted by Gasteiger charge is 2.50. The van der Waals surface area contributed by atoms with E-state index in [2.05, 4.69) is 11.9 Å². The van der Waals surface area contributed by atoms with Crippen molar-refractivity contribution >= 4 is 0 Å². The van der Waals surface area contributed by atoms with Crippen LogP contribution in [0.4, 0.5) is 0 Å². The average Bonchev–Trinajstić information content (AvgIpc) is 2.00. The van der Waals surface area contributed by atoms with Crippen molar-refractivity contribution in [3.05, 3.63) is 12.8 Å². The van der Waals surface area contributed by atoms with Gasteiger partial charge < -0.3 is 5.32 Å². The molecule has 72 valence electrons. The summed E-state index contributed by atoms with van der Waals surface area (Å²) in [6.07, 6.45) is 10.8. The van der Waals surface area contributed by atoms with Crippen LogP contribution >= 0.6 is 0 Å². The topological polar surface area (TPSA) is 12.0 Å². The predicted molar refractivity (Wildman–Crippen MR) is 54.2 cm³/mol. The Balaban J connectivity index is 1.87. The second kappa shape index (κ2) is 2.52. The highest BCUT2D eigenvalue weighted by molar-refractivity contribution is 5.07. The third-order valence-corrected chi connectivity index (χ3v) is 4.45. The van der Waals surface area contributed by atoms with E-state index in [1.54, 1.807) is 0 Å². The molecular formula is C12H19N. The van der Waals surface area contributed by atoms with Crippen LogP contribution in [0.15, 0.2) is 12.8 Å². The first-order valence-electron chi connectivity index (χ1n) is 5.68. The maximum Gasteiger partial charge on any atom is 0.0376 e. The fourth-order valence-corrected chi connectivity index (χ4v) is 4.50. The molecule has 0 unspecified atom stereocenters. The molecule has 4 bridgehead atoms. The molecule has 0 aromatic carbocycles. The van der Waals surface area contributed by atoms with E-state index < -0.39 is 0 Å². The second-order valence-electron chi connectivity index (χ2n) is 5.55. The molecule has 0 amide bonds. The molecular weight excluding hydrogens is 158 g/mol. The van der Waals surface area contributed by atoms with E-state index in [1.807, 2.05) is 6.20 Å². The van der Waals surface area contributed by atoms with Crippen LogP contribution in [0.3, 0.4) is 0 Å². The van der Waals surface area contributed by atoms with Gasteiger partial charge >= 0.3 is 0 Å². The van der Waals surface area contributed by atoms with Gasteiger partial charge in [-0.1, -0.05) is 6.58 Å². The lowest BCUT2D eigenvalue weighted by molar-refractivity contribution is -0.0129. The molecule has 4 fully saturated rings. The molecule has 1 heteroatoms. The molecule has 0 atom stereocenters. The summed E-state index contributed by atoms with van der Waals surface area (Å²) in [5, 5.41) is 3.55. The molecule has 4 aliphatic carbocycles. The summed E-state index contributed by atoms with van der Waals surface area (Å²) in [4.78, 5) is 0. The zero-order valence-electron chi connectivity index (χ0n) is 8.26. The van der Waals surface area contributed by atoms with Crippen LogP contribution in [0.1, 0.15) is 38.5 Å². The minimum absolute atomic E-state index is 0.483. The van der Waals surface area contributed by atoms with Crippen molar-refractivity contribution in [2.45, 2.75) is 44.1 Å². The summed E-state index contributed by atoms with van der Waals surface area (Å²) in [6.45, 7) is 3.83. The summed E-state index contributed by atoms with van der Waals surface area (Å²) < 4.78 is 0. The minimum Gasteiger partial charge on any atom is -0.386 e. The van der Waals surface area contributed by atoms with Crippen molar-refractivity contribution in [1.29, 1.82) is 0 Å². The molecule has 0 aliphatic heterocycles. The van der Waals surface area contributed by atoms with Crippen LogP contribution in [0.25, 0.3) is 0 Å². The smallest absolute Gasteiger partial charge is 0.0376 e.